The van der Waals surface area contributed by atoms with Crippen molar-refractivity contribution in [2.45, 2.75) is 525 Å². The predicted molar refractivity (Wildman–Crippen MR) is 576 cm³/mol. The van der Waals surface area contributed by atoms with Gasteiger partial charge in [0, 0.05) is 33.4 Å². The molecule has 3 heterocycles. The van der Waals surface area contributed by atoms with Crippen LogP contribution in [0.2, 0.25) is 0 Å². The van der Waals surface area contributed by atoms with E-state index in [-0.39, 0.29) is 35.3 Å². The van der Waals surface area contributed by atoms with Gasteiger partial charge in [-0.05, 0) is 112 Å². The summed E-state index contributed by atoms with van der Waals surface area (Å²) in [6, 6.07) is 17.9. The van der Waals surface area contributed by atoms with Crippen molar-refractivity contribution in [3.05, 3.63) is 54.6 Å². The van der Waals surface area contributed by atoms with E-state index in [2.05, 4.69) is 62.3 Å². The molecule has 0 amide bonds. The van der Waals surface area contributed by atoms with Gasteiger partial charge >= 0.3 is 0 Å². The Balaban J connectivity index is 1.36. The van der Waals surface area contributed by atoms with Crippen LogP contribution in [0.25, 0.3) is 68.7 Å². The summed E-state index contributed by atoms with van der Waals surface area (Å²) >= 11 is 0. The summed E-state index contributed by atoms with van der Waals surface area (Å²) in [5, 5.41) is 29.4. The van der Waals surface area contributed by atoms with E-state index in [4.69, 9.17) is 86.5 Å². The van der Waals surface area contributed by atoms with Gasteiger partial charge in [0.2, 0.25) is 52.6 Å². The molecule has 0 unspecified atom stereocenters. The summed E-state index contributed by atoms with van der Waals surface area (Å²) in [6.45, 7) is 25.4. The molecule has 138 heavy (non-hydrogen) atoms. The van der Waals surface area contributed by atoms with E-state index >= 15 is 0 Å². The second-order valence-electron chi connectivity index (χ2n) is 39.9. The number of hydrogen-bond acceptors (Lipinski definition) is 18. The maximum Gasteiger partial charge on any atom is 0.248 e. The number of aromatic nitrogens is 6. The highest BCUT2D eigenvalue weighted by Gasteiger charge is 2.27. The van der Waals surface area contributed by atoms with E-state index in [1.165, 1.54) is 347 Å². The Morgan fingerprint density at radius 1 is 0.138 bits per heavy atom. The molecule has 3 aromatic heterocycles. The highest BCUT2D eigenvalue weighted by Crippen LogP contribution is 2.47. The van der Waals surface area contributed by atoms with Crippen LogP contribution in [0.5, 0.6) is 51.7 Å². The zero-order chi connectivity index (χ0) is 97.5. The Kier molecular flexibility index (Phi) is 68.1. The average molecular weight is 1920 g/mol. The van der Waals surface area contributed by atoms with E-state index in [1.807, 2.05) is 54.6 Å². The van der Waals surface area contributed by atoms with Gasteiger partial charge in [-0.25, -0.2) is 0 Å². The maximum absolute atomic E-state index is 7.00. The molecular formula is C120H198N6O12. The zero-order valence-electron chi connectivity index (χ0n) is 89.6. The SMILES string of the molecule is CCCCCCCCCCOc1cc(-c2nnc(-c3cc(-c4nnc(-c5cc(OCCCCCCCCCC)c(OCCCCCCCCCC)c(OCCCCCCCCCC)c5)o4)cc(-c4nnc(-c5cc(OCCCCCCCCCC)c(OCCCCCCCCCC)c(OCCCCCCCCCC)c5)o4)c3)o2)cc(OCCCCCCCCCC)c1OCCCCCCCCCC. The summed E-state index contributed by atoms with van der Waals surface area (Å²) in [4.78, 5) is 0. The van der Waals surface area contributed by atoms with Crippen LogP contribution in [0, 0.1) is 0 Å². The average Bonchev–Trinajstić information content (AvgIpc) is 1.15. The first-order valence-electron chi connectivity index (χ1n) is 58.2. The first-order chi connectivity index (χ1) is 68.3. The molecule has 18 heteroatoms. The van der Waals surface area contributed by atoms with E-state index in [0.29, 0.717) is 145 Å². The van der Waals surface area contributed by atoms with Crippen molar-refractivity contribution in [1.82, 2.24) is 30.6 Å². The minimum atomic E-state index is 0.240. The molecule has 0 saturated heterocycles. The number of nitrogens with zero attached hydrogens (tertiary/aromatic N) is 6. The lowest BCUT2D eigenvalue weighted by atomic mass is 10.1. The van der Waals surface area contributed by atoms with E-state index < -0.39 is 0 Å². The largest absolute Gasteiger partial charge is 0.490 e. The molecule has 0 fully saturated rings. The predicted octanol–water partition coefficient (Wildman–Crippen LogP) is 38.5. The molecule has 7 rings (SSSR count). The highest BCUT2D eigenvalue weighted by atomic mass is 16.6. The van der Waals surface area contributed by atoms with Gasteiger partial charge in [0.25, 0.3) is 0 Å². The van der Waals surface area contributed by atoms with Gasteiger partial charge in [0.05, 0.1) is 59.5 Å². The van der Waals surface area contributed by atoms with E-state index in [9.17, 15) is 0 Å². The quantitative estimate of drug-likeness (QED) is 0.0326. The molecule has 0 aliphatic rings. The first-order valence-corrected chi connectivity index (χ1v) is 58.2. The van der Waals surface area contributed by atoms with Crippen molar-refractivity contribution in [3.8, 4) is 120 Å². The molecule has 7 aromatic rings. The lowest BCUT2D eigenvalue weighted by molar-refractivity contribution is 0.234. The molecule has 780 valence electrons. The van der Waals surface area contributed by atoms with Crippen LogP contribution in [-0.4, -0.2) is 90.1 Å². The maximum atomic E-state index is 7.00. The van der Waals surface area contributed by atoms with Crippen LogP contribution >= 0.6 is 0 Å². The number of hydrogen-bond donors (Lipinski definition) is 0. The minimum Gasteiger partial charge on any atom is -0.490 e. The van der Waals surface area contributed by atoms with Gasteiger partial charge < -0.3 is 55.9 Å². The second kappa shape index (κ2) is 80.0. The van der Waals surface area contributed by atoms with Gasteiger partial charge in [0.15, 0.2) is 34.5 Å². The molecule has 0 N–H and O–H groups in total. The molecule has 0 aliphatic carbocycles. The standard InChI is InChI=1S/C120H198N6O12/c1-10-19-28-37-46-55-64-73-82-127-106-94-103(95-107(128-83-74-65-56-47-38-29-20-11-2)112(106)133-88-79-70-61-52-43-34-25-16-7)118-124-121-115(136-118)100-91-101(116-122-125-119(137-116)104-96-108(129-84-75-66-57-48-39-30-21-12-3)113(134-89-80-71-62-53-44-35-26-17-8)109(97-104)130-85-76-67-58-49-40-31-22-13-4)93-102(92-100)117-123-126-120(138-117)105-98-110(131-86-77-68-59-50-41-32-23-14-5)114(135-90-81-72-63-54-45-36-27-18-9)111(99-105)132-87-78-69-60-51-42-33-24-15-6/h91-99H,10-90H2,1-9H3. The molecule has 4 aromatic carbocycles. The fourth-order valence-electron chi connectivity index (χ4n) is 18.3. The minimum absolute atomic E-state index is 0.240. The Bertz CT molecular complexity index is 3510. The normalized spacial score (nSPS) is 11.5. The fraction of sp³-hybridized carbons (Fsp3) is 0.750. The third-order valence-corrected chi connectivity index (χ3v) is 27.0. The van der Waals surface area contributed by atoms with Crippen LogP contribution in [0.1, 0.15) is 525 Å². The van der Waals surface area contributed by atoms with Gasteiger partial charge in [0.1, 0.15) is 0 Å². The molecule has 0 saturated carbocycles. The van der Waals surface area contributed by atoms with Gasteiger partial charge in [-0.1, -0.05) is 467 Å². The van der Waals surface area contributed by atoms with Crippen molar-refractivity contribution in [3.63, 3.8) is 0 Å². The molecule has 0 bridgehead atoms. The van der Waals surface area contributed by atoms with Crippen molar-refractivity contribution in [2.24, 2.45) is 0 Å². The van der Waals surface area contributed by atoms with Crippen LogP contribution in [0.4, 0.5) is 0 Å². The van der Waals surface area contributed by atoms with Gasteiger partial charge in [-0.3, -0.25) is 0 Å². The third-order valence-electron chi connectivity index (χ3n) is 27.0. The molecular weight excluding hydrogens is 1720 g/mol. The molecule has 0 aliphatic heterocycles. The van der Waals surface area contributed by atoms with Crippen LogP contribution in [0.15, 0.2) is 67.8 Å². The Hall–Kier alpha value is -7.50. The lowest BCUT2D eigenvalue weighted by Gasteiger charge is -2.18. The van der Waals surface area contributed by atoms with Gasteiger partial charge in [-0.15, -0.1) is 30.6 Å². The number of unbranched alkanes of at least 4 members (excludes halogenated alkanes) is 63. The molecule has 0 spiro atoms. The number of benzene rings is 4. The smallest absolute Gasteiger partial charge is 0.248 e. The molecule has 0 atom stereocenters. The van der Waals surface area contributed by atoms with Crippen molar-refractivity contribution >= 4 is 0 Å². The first kappa shape index (κ1) is 117. The number of rotatable bonds is 96. The fourth-order valence-corrected chi connectivity index (χ4v) is 18.3. The zero-order valence-corrected chi connectivity index (χ0v) is 89.6. The third kappa shape index (κ3) is 50.9. The van der Waals surface area contributed by atoms with Crippen LogP contribution in [-0.2, 0) is 0 Å². The van der Waals surface area contributed by atoms with E-state index in [0.717, 1.165) is 116 Å². The summed E-state index contributed by atoms with van der Waals surface area (Å²) in [5.41, 5.74) is 3.64. The van der Waals surface area contributed by atoms with Crippen molar-refractivity contribution in [1.29, 1.82) is 0 Å². The molecule has 18 nitrogen and oxygen atoms in total. The summed E-state index contributed by atoms with van der Waals surface area (Å²) < 4.78 is 83.1. The monoisotopic (exact) mass is 1920 g/mol. The Morgan fingerprint density at radius 3 is 0.377 bits per heavy atom. The topological polar surface area (TPSA) is 200 Å². The highest BCUT2D eigenvalue weighted by molar-refractivity contribution is 5.76. The van der Waals surface area contributed by atoms with Crippen molar-refractivity contribution in [2.75, 3.05) is 59.5 Å². The lowest BCUT2D eigenvalue weighted by Crippen LogP contribution is -2.07. The van der Waals surface area contributed by atoms with Crippen LogP contribution in [0.3, 0.4) is 0 Å². The molecule has 0 radical (unpaired) electrons. The summed E-state index contributed by atoms with van der Waals surface area (Å²) in [6.07, 6.45) is 86.0. The summed E-state index contributed by atoms with van der Waals surface area (Å²) in [5.74, 6) is 7.14. The van der Waals surface area contributed by atoms with E-state index in [1.54, 1.807) is 0 Å². The Morgan fingerprint density at radius 2 is 0.246 bits per heavy atom. The summed E-state index contributed by atoms with van der Waals surface area (Å²) in [7, 11) is 0. The van der Waals surface area contributed by atoms with Gasteiger partial charge in [-0.2, -0.15) is 0 Å². The van der Waals surface area contributed by atoms with Crippen LogP contribution < -0.4 is 42.6 Å². The van der Waals surface area contributed by atoms with Crippen molar-refractivity contribution < 1.29 is 55.9 Å². The Labute approximate surface area is 840 Å². The second-order valence-corrected chi connectivity index (χ2v) is 39.9. The number of ether oxygens (including phenoxy) is 9.